The third-order valence-corrected chi connectivity index (χ3v) is 15.2. The number of carbonyl (C=O) groups is 6. The fourth-order valence-electron chi connectivity index (χ4n) is 8.92. The van der Waals surface area contributed by atoms with Gasteiger partial charge in [0.1, 0.15) is 25.3 Å². The van der Waals surface area contributed by atoms with E-state index in [2.05, 4.69) is 15.6 Å². The lowest BCUT2D eigenvalue weighted by molar-refractivity contribution is -0.161. The maximum absolute atomic E-state index is 13.9. The van der Waals surface area contributed by atoms with E-state index in [-0.39, 0.29) is 68.1 Å². The van der Waals surface area contributed by atoms with Gasteiger partial charge in [0, 0.05) is 60.0 Å². The van der Waals surface area contributed by atoms with E-state index >= 15 is 0 Å². The Bertz CT molecular complexity index is 3090. The molecular weight excluding hydrogens is 1110 g/mol. The van der Waals surface area contributed by atoms with Crippen LogP contribution in [0.2, 0.25) is 20.1 Å². The standard InChI is InChI=1S/C27H26Cl2FN3O5.C23H22Cl2FN3O4.C4H5ClO/c1-4-32-26(36)22(13-37-32)33(24(34)15-5-6-15)25(35)18-8-7-16(9-14(18)2)21-12-27(3,38-31-21)17-10-19(28)23(30)20(29)11-17;1-4-29-22(31)19(11-32-29)27-21(30)15-6-5-13(7-12(15)2)18-10-23(3,33-28-18)14-8-16(24)20(26)17(25)9-14;5-4(6)3-1-2-3/h7-11,15,22H,4-6,12-13H2,1-3H3;5-9,19H,4,10-11H2,1-3H3,(H,27,30);3H,1-2H2/t22-,27?;19-,23?;/m11./s1. The zero-order valence-electron chi connectivity index (χ0n) is 42.6. The Morgan fingerprint density at radius 1 is 0.675 bits per heavy atom. The highest BCUT2D eigenvalue weighted by atomic mass is 35.5. The molecule has 1 N–H and O–H groups in total. The predicted octanol–water partition coefficient (Wildman–Crippen LogP) is 10.6. The molecule has 2 unspecified atom stereocenters. The van der Waals surface area contributed by atoms with Crippen LogP contribution in [0.25, 0.3) is 0 Å². The average Bonchev–Trinajstić information content (AvgIpc) is 4.32. The Morgan fingerprint density at radius 2 is 1.12 bits per heavy atom. The zero-order valence-corrected chi connectivity index (χ0v) is 46.4. The molecule has 0 aromatic heterocycles. The molecule has 10 rings (SSSR count). The van der Waals surface area contributed by atoms with Gasteiger partial charge in [-0.15, -0.1) is 0 Å². The van der Waals surface area contributed by atoms with Crippen molar-refractivity contribution in [2.24, 2.45) is 22.1 Å². The summed E-state index contributed by atoms with van der Waals surface area (Å²) in [4.78, 5) is 97.6. The Hall–Kier alpha value is -5.73. The number of carbonyl (C=O) groups excluding carboxylic acids is 6. The highest BCUT2D eigenvalue weighted by molar-refractivity contribution is 6.64. The van der Waals surface area contributed by atoms with Crippen LogP contribution in [-0.4, -0.2) is 99.6 Å². The monoisotopic (exact) mass is 1160 g/mol. The highest BCUT2D eigenvalue weighted by Crippen LogP contribution is 2.42. The maximum atomic E-state index is 13.9. The van der Waals surface area contributed by atoms with E-state index in [1.807, 2.05) is 13.0 Å². The normalized spacial score (nSPS) is 22.5. The van der Waals surface area contributed by atoms with E-state index in [4.69, 9.17) is 77.4 Å². The summed E-state index contributed by atoms with van der Waals surface area (Å²) in [6, 6.07) is 14.6. The van der Waals surface area contributed by atoms with Crippen molar-refractivity contribution < 1.29 is 56.9 Å². The number of rotatable bonds is 12. The van der Waals surface area contributed by atoms with Gasteiger partial charge in [0.2, 0.25) is 11.1 Å². The van der Waals surface area contributed by atoms with Crippen molar-refractivity contribution in [2.45, 2.75) is 103 Å². The second-order valence-corrected chi connectivity index (χ2v) is 21.7. The van der Waals surface area contributed by atoms with Crippen LogP contribution in [0.5, 0.6) is 0 Å². The summed E-state index contributed by atoms with van der Waals surface area (Å²) in [6.45, 7) is 11.5. The Labute approximate surface area is 467 Å². The first-order valence-electron chi connectivity index (χ1n) is 24.8. The summed E-state index contributed by atoms with van der Waals surface area (Å²) in [7, 11) is 0. The fraction of sp³-hybridized carbons (Fsp3) is 0.407. The lowest BCUT2D eigenvalue weighted by Gasteiger charge is -2.26. The molecule has 0 radical (unpaired) electrons. The van der Waals surface area contributed by atoms with Crippen LogP contribution < -0.4 is 5.32 Å². The molecule has 2 aliphatic carbocycles. The summed E-state index contributed by atoms with van der Waals surface area (Å²) < 4.78 is 27.7. The van der Waals surface area contributed by atoms with Crippen LogP contribution in [0, 0.1) is 37.3 Å². The summed E-state index contributed by atoms with van der Waals surface area (Å²) in [5, 5.41) is 13.0. The van der Waals surface area contributed by atoms with Crippen molar-refractivity contribution in [3.8, 4) is 0 Å². The van der Waals surface area contributed by atoms with Gasteiger partial charge in [0.25, 0.3) is 23.6 Å². The minimum absolute atomic E-state index is 0.0574. The van der Waals surface area contributed by atoms with Crippen molar-refractivity contribution in [1.29, 1.82) is 0 Å². The molecule has 2 saturated heterocycles. The van der Waals surface area contributed by atoms with Gasteiger partial charge in [-0.25, -0.2) is 18.9 Å². The van der Waals surface area contributed by atoms with Crippen molar-refractivity contribution >= 4 is 104 Å². The van der Waals surface area contributed by atoms with Gasteiger partial charge in [0.05, 0.1) is 31.5 Å². The number of likely N-dealkylation sites (N-methyl/N-ethyl adjacent to an activating group) is 2. The van der Waals surface area contributed by atoms with Gasteiger partial charge in [-0.2, -0.15) is 0 Å². The molecule has 0 spiro atoms. The largest absolute Gasteiger partial charge is 0.384 e. The second kappa shape index (κ2) is 23.3. The molecule has 4 atom stereocenters. The van der Waals surface area contributed by atoms with Crippen molar-refractivity contribution in [3.05, 3.63) is 137 Å². The van der Waals surface area contributed by atoms with Gasteiger partial charge in [-0.05, 0) is 150 Å². The molecule has 2 saturated carbocycles. The molecule has 77 heavy (non-hydrogen) atoms. The molecule has 23 heteroatoms. The Morgan fingerprint density at radius 3 is 1.51 bits per heavy atom. The van der Waals surface area contributed by atoms with Crippen LogP contribution in [-0.2, 0) is 49.7 Å². The first-order valence-corrected chi connectivity index (χ1v) is 26.6. The Balaban J connectivity index is 0.000000185. The molecule has 16 nitrogen and oxygen atoms in total. The molecule has 4 aliphatic heterocycles. The Kier molecular flexibility index (Phi) is 17.4. The lowest BCUT2D eigenvalue weighted by atomic mass is 9.88. The maximum Gasteiger partial charge on any atom is 0.271 e. The first-order chi connectivity index (χ1) is 36.5. The number of nitrogens with one attached hydrogen (secondary N) is 1. The number of benzene rings is 4. The van der Waals surface area contributed by atoms with E-state index < -0.39 is 46.7 Å². The van der Waals surface area contributed by atoms with Crippen LogP contribution in [0.3, 0.4) is 0 Å². The SMILES string of the molecule is CCN1OC[C@@H](N(C(=O)c2ccc(C3=NOC(C)(c4cc(Cl)c(F)c(Cl)c4)C3)cc2C)C(=O)C2CC2)C1=O.CCN1OC[C@@H](NC(=O)c2ccc(C3=NOC(C)(c4cc(Cl)c(F)c(Cl)c4)C3)cc2C)C1=O.O=C(Cl)C1CC1. The summed E-state index contributed by atoms with van der Waals surface area (Å²) >= 11 is 28.9. The molecule has 4 fully saturated rings. The smallest absolute Gasteiger partial charge is 0.271 e. The fourth-order valence-corrected chi connectivity index (χ4v) is 10.1. The van der Waals surface area contributed by atoms with Crippen LogP contribution in [0.1, 0.15) is 120 Å². The minimum Gasteiger partial charge on any atom is -0.384 e. The van der Waals surface area contributed by atoms with E-state index in [9.17, 15) is 37.5 Å². The molecule has 0 bridgehead atoms. The van der Waals surface area contributed by atoms with Gasteiger partial charge in [-0.3, -0.25) is 43.3 Å². The number of oxime groups is 2. The number of hydrogen-bond donors (Lipinski definition) is 1. The van der Waals surface area contributed by atoms with E-state index in [0.717, 1.165) is 28.9 Å². The van der Waals surface area contributed by atoms with Gasteiger partial charge in [-0.1, -0.05) is 68.8 Å². The topological polar surface area (TPSA) is 186 Å². The van der Waals surface area contributed by atoms with Gasteiger partial charge < -0.3 is 15.0 Å². The molecule has 4 aromatic rings. The zero-order chi connectivity index (χ0) is 55.8. The van der Waals surface area contributed by atoms with Gasteiger partial charge >= 0.3 is 0 Å². The summed E-state index contributed by atoms with van der Waals surface area (Å²) in [5.74, 6) is -3.30. The molecule has 4 aromatic carbocycles. The number of hydroxylamine groups is 4. The second-order valence-electron chi connectivity index (χ2n) is 19.7. The molecule has 4 heterocycles. The van der Waals surface area contributed by atoms with Crippen LogP contribution in [0.4, 0.5) is 8.78 Å². The average molecular weight is 1160 g/mol. The molecule has 5 amide bonds. The highest BCUT2D eigenvalue weighted by Gasteiger charge is 2.47. The quantitative estimate of drug-likeness (QED) is 0.0813. The van der Waals surface area contributed by atoms with E-state index in [1.165, 1.54) is 34.4 Å². The van der Waals surface area contributed by atoms with Crippen LogP contribution in [0.15, 0.2) is 71.0 Å². The van der Waals surface area contributed by atoms with Crippen LogP contribution >= 0.6 is 58.0 Å². The third kappa shape index (κ3) is 12.4. The minimum atomic E-state index is -0.989. The first kappa shape index (κ1) is 57.4. The number of nitrogens with zero attached hydrogens (tertiary/aromatic N) is 5. The predicted molar refractivity (Wildman–Crippen MR) is 284 cm³/mol. The third-order valence-electron chi connectivity index (χ3n) is 13.8. The number of halogens is 7. The molecule has 6 aliphatic rings. The summed E-state index contributed by atoms with van der Waals surface area (Å²) in [6.07, 6.45) is 4.18. The van der Waals surface area contributed by atoms with E-state index in [0.29, 0.717) is 83.6 Å². The molecule has 408 valence electrons. The summed E-state index contributed by atoms with van der Waals surface area (Å²) in [5.41, 5.74) is 4.28. The number of hydrogen-bond acceptors (Lipinski definition) is 12. The van der Waals surface area contributed by atoms with Crippen molar-refractivity contribution in [2.75, 3.05) is 26.3 Å². The molecular formula is C54H53Cl5F2N6O10. The van der Waals surface area contributed by atoms with Crippen molar-refractivity contribution in [3.63, 3.8) is 0 Å². The van der Waals surface area contributed by atoms with Crippen molar-refractivity contribution in [1.82, 2.24) is 20.3 Å². The lowest BCUT2D eigenvalue weighted by Crippen LogP contribution is -2.50. The van der Waals surface area contributed by atoms with E-state index in [1.54, 1.807) is 65.0 Å². The number of amides is 5. The number of imide groups is 1. The number of aryl methyl sites for hydroxylation is 2. The van der Waals surface area contributed by atoms with Gasteiger partial charge in [0.15, 0.2) is 22.8 Å².